The number of nitrogens with zero attached hydrogens (tertiary/aromatic N) is 4. The highest BCUT2D eigenvalue weighted by Gasteiger charge is 2.15. The normalized spacial score (nSPS) is 10.0. The van der Waals surface area contributed by atoms with Crippen LogP contribution in [0.5, 0.6) is 0 Å². The molecule has 0 radical (unpaired) electrons. The number of anilines is 1. The number of carbonyl (C=O) groups is 2. The van der Waals surface area contributed by atoms with Gasteiger partial charge >= 0.3 is 6.09 Å². The fourth-order valence-electron chi connectivity index (χ4n) is 2.81. The van der Waals surface area contributed by atoms with Crippen LogP contribution in [0.4, 0.5) is 10.5 Å². The van der Waals surface area contributed by atoms with Gasteiger partial charge in [-0.15, -0.1) is 0 Å². The molecule has 0 unspecified atom stereocenters. The molecular formula is C21H18N6O3. The predicted molar refractivity (Wildman–Crippen MR) is 111 cm³/mol. The third kappa shape index (κ3) is 5.12. The molecule has 3 rings (SSSR count). The maximum atomic E-state index is 12.2. The Bertz CT molecular complexity index is 1110. The van der Waals surface area contributed by atoms with Crippen molar-refractivity contribution in [1.82, 2.24) is 10.3 Å². The van der Waals surface area contributed by atoms with Gasteiger partial charge < -0.3 is 15.8 Å². The number of alkyl carbamates (subject to hydrolysis) is 1. The van der Waals surface area contributed by atoms with Crippen LogP contribution in [0.15, 0.2) is 72.1 Å². The molecule has 150 valence electrons. The number of carbonyl (C=O) groups excluding carboxylic acids is 2. The molecule has 0 saturated carbocycles. The Morgan fingerprint density at radius 1 is 1.10 bits per heavy atom. The molecule has 0 aliphatic heterocycles. The molecule has 9 heteroatoms. The maximum Gasteiger partial charge on any atom is 0.407 e. The Morgan fingerprint density at radius 2 is 1.93 bits per heavy atom. The molecule has 0 bridgehead atoms. The number of hydrogen-bond acceptors (Lipinski definition) is 5. The van der Waals surface area contributed by atoms with Crippen LogP contribution in [0, 0.1) is 0 Å². The first-order chi connectivity index (χ1) is 14.6. The van der Waals surface area contributed by atoms with Gasteiger partial charge in [-0.25, -0.2) is 4.79 Å². The van der Waals surface area contributed by atoms with Gasteiger partial charge in [-0.3, -0.25) is 9.78 Å². The van der Waals surface area contributed by atoms with Crippen LogP contribution in [0.3, 0.4) is 0 Å². The lowest BCUT2D eigenvalue weighted by Crippen LogP contribution is -2.23. The molecule has 30 heavy (non-hydrogen) atoms. The molecule has 2 aromatic carbocycles. The summed E-state index contributed by atoms with van der Waals surface area (Å²) >= 11 is 0. The Morgan fingerprint density at radius 3 is 2.67 bits per heavy atom. The van der Waals surface area contributed by atoms with Crippen LogP contribution in [0.25, 0.3) is 21.6 Å². The summed E-state index contributed by atoms with van der Waals surface area (Å²) in [6.07, 6.45) is 2.66. The summed E-state index contributed by atoms with van der Waals surface area (Å²) in [4.78, 5) is 30.7. The fraction of sp³-hybridized carbons (Fsp3) is 0.0952. The van der Waals surface area contributed by atoms with E-state index in [4.69, 9.17) is 16.0 Å². The van der Waals surface area contributed by atoms with Crippen molar-refractivity contribution in [2.45, 2.75) is 13.2 Å². The third-order valence-corrected chi connectivity index (χ3v) is 4.23. The minimum absolute atomic E-state index is 0.102. The lowest BCUT2D eigenvalue weighted by molar-refractivity contribution is 0.100. The van der Waals surface area contributed by atoms with Crippen molar-refractivity contribution in [1.29, 1.82) is 0 Å². The smallest absolute Gasteiger partial charge is 0.407 e. The van der Waals surface area contributed by atoms with Crippen molar-refractivity contribution < 1.29 is 14.3 Å². The highest BCUT2D eigenvalue weighted by atomic mass is 16.5. The molecule has 1 aromatic heterocycles. The van der Waals surface area contributed by atoms with Crippen molar-refractivity contribution in [2.24, 2.45) is 5.11 Å². The number of nitrogens with two attached hydrogens (primary N) is 1. The summed E-state index contributed by atoms with van der Waals surface area (Å²) in [6.45, 7) is 0.271. The van der Waals surface area contributed by atoms with Crippen LogP contribution in [-0.2, 0) is 17.9 Å². The summed E-state index contributed by atoms with van der Waals surface area (Å²) in [7, 11) is 0. The van der Waals surface area contributed by atoms with Crippen molar-refractivity contribution in [3.63, 3.8) is 0 Å². The molecule has 1 heterocycles. The summed E-state index contributed by atoms with van der Waals surface area (Å²) in [5.74, 6) is -0.717. The van der Waals surface area contributed by atoms with Crippen LogP contribution in [0.1, 0.15) is 21.5 Å². The van der Waals surface area contributed by atoms with Gasteiger partial charge in [0.1, 0.15) is 6.61 Å². The molecular weight excluding hydrogens is 384 g/mol. The predicted octanol–water partition coefficient (Wildman–Crippen LogP) is 4.21. The number of para-hydroxylation sites is 1. The molecule has 3 aromatic rings. The van der Waals surface area contributed by atoms with Gasteiger partial charge in [0.2, 0.25) is 5.91 Å². The van der Waals surface area contributed by atoms with E-state index in [9.17, 15) is 9.59 Å². The minimum Gasteiger partial charge on any atom is -0.445 e. The van der Waals surface area contributed by atoms with Crippen LogP contribution < -0.4 is 11.1 Å². The summed E-state index contributed by atoms with van der Waals surface area (Å²) in [5.41, 5.74) is 17.9. The van der Waals surface area contributed by atoms with E-state index in [-0.39, 0.29) is 18.7 Å². The topological polar surface area (TPSA) is 143 Å². The minimum atomic E-state index is -0.717. The SMILES string of the molecule is [N-]=[N+]=NC(=O)c1ccc(CNC(=O)OCc2cccnc2)cc1-c1ccccc1N. The largest absolute Gasteiger partial charge is 0.445 e. The number of rotatable bonds is 6. The first-order valence-corrected chi connectivity index (χ1v) is 8.95. The van der Waals surface area contributed by atoms with Gasteiger partial charge in [-0.1, -0.05) is 36.4 Å². The summed E-state index contributed by atoms with van der Waals surface area (Å²) < 4.78 is 5.16. The molecule has 0 fully saturated rings. The molecule has 3 N–H and O–H groups in total. The number of benzene rings is 2. The van der Waals surface area contributed by atoms with E-state index >= 15 is 0 Å². The van der Waals surface area contributed by atoms with Gasteiger partial charge in [0.05, 0.1) is 0 Å². The molecule has 0 spiro atoms. The number of aromatic nitrogens is 1. The van der Waals surface area contributed by atoms with E-state index in [1.807, 2.05) is 0 Å². The fourth-order valence-corrected chi connectivity index (χ4v) is 2.81. The average molecular weight is 402 g/mol. The Labute approximate surface area is 172 Å². The standard InChI is InChI=1S/C21H18N6O3/c22-19-6-2-1-5-16(19)18-10-14(7-8-17(18)20(28)26-27-23)12-25-21(29)30-13-15-4-3-9-24-11-15/h1-11H,12-13,22H2,(H,25,29). The second-order valence-electron chi connectivity index (χ2n) is 6.25. The number of nitrogen functional groups attached to an aromatic ring is 1. The lowest BCUT2D eigenvalue weighted by atomic mass is 9.95. The van der Waals surface area contributed by atoms with Gasteiger partial charge in [0.25, 0.3) is 0 Å². The molecule has 0 saturated heterocycles. The Hall–Kier alpha value is -4.36. The Balaban J connectivity index is 1.76. The highest BCUT2D eigenvalue weighted by molar-refractivity contribution is 6.02. The van der Waals surface area contributed by atoms with Crippen LogP contribution in [-0.4, -0.2) is 17.0 Å². The van der Waals surface area contributed by atoms with Crippen molar-refractivity contribution in [3.05, 3.63) is 94.1 Å². The average Bonchev–Trinajstić information content (AvgIpc) is 2.77. The quantitative estimate of drug-likeness (QED) is 0.275. The van der Waals surface area contributed by atoms with E-state index in [2.05, 4.69) is 20.3 Å². The van der Waals surface area contributed by atoms with Crippen molar-refractivity contribution >= 4 is 17.7 Å². The number of amides is 2. The van der Waals surface area contributed by atoms with E-state index < -0.39 is 12.0 Å². The van der Waals surface area contributed by atoms with Gasteiger partial charge in [-0.2, -0.15) is 0 Å². The number of nitrogens with one attached hydrogen (secondary N) is 1. The Kier molecular flexibility index (Phi) is 6.60. The summed E-state index contributed by atoms with van der Waals surface area (Å²) in [5, 5.41) is 5.83. The van der Waals surface area contributed by atoms with Gasteiger partial charge in [0.15, 0.2) is 0 Å². The number of azide groups is 1. The van der Waals surface area contributed by atoms with E-state index in [1.165, 1.54) is 6.07 Å². The van der Waals surface area contributed by atoms with Crippen LogP contribution in [0.2, 0.25) is 0 Å². The second-order valence-corrected chi connectivity index (χ2v) is 6.25. The lowest BCUT2D eigenvalue weighted by Gasteiger charge is -2.13. The van der Waals surface area contributed by atoms with Crippen LogP contribution >= 0.6 is 0 Å². The number of ether oxygens (including phenoxy) is 1. The molecule has 2 amide bonds. The van der Waals surface area contributed by atoms with E-state index in [1.54, 1.807) is 60.9 Å². The first-order valence-electron chi connectivity index (χ1n) is 8.95. The van der Waals surface area contributed by atoms with E-state index in [0.29, 0.717) is 22.4 Å². The third-order valence-electron chi connectivity index (χ3n) is 4.23. The highest BCUT2D eigenvalue weighted by Crippen LogP contribution is 2.30. The number of pyridine rings is 1. The van der Waals surface area contributed by atoms with Gasteiger partial charge in [0, 0.05) is 46.2 Å². The zero-order valence-electron chi connectivity index (χ0n) is 15.9. The first kappa shape index (κ1) is 20.4. The summed E-state index contributed by atoms with van der Waals surface area (Å²) in [6, 6.07) is 15.5. The molecule has 0 atom stereocenters. The zero-order valence-corrected chi connectivity index (χ0v) is 15.9. The van der Waals surface area contributed by atoms with Crippen molar-refractivity contribution in [2.75, 3.05) is 5.73 Å². The van der Waals surface area contributed by atoms with E-state index in [0.717, 1.165) is 5.56 Å². The monoisotopic (exact) mass is 402 g/mol. The molecule has 0 aliphatic rings. The second kappa shape index (κ2) is 9.72. The van der Waals surface area contributed by atoms with Gasteiger partial charge in [-0.05, 0) is 40.0 Å². The molecule has 0 aliphatic carbocycles. The zero-order chi connectivity index (χ0) is 21.3. The maximum absolute atomic E-state index is 12.2. The molecule has 9 nitrogen and oxygen atoms in total. The van der Waals surface area contributed by atoms with Crippen molar-refractivity contribution in [3.8, 4) is 11.1 Å². The number of hydrogen-bond donors (Lipinski definition) is 2.